The van der Waals surface area contributed by atoms with E-state index in [9.17, 15) is 9.18 Å². The lowest BCUT2D eigenvalue weighted by molar-refractivity contribution is -0.0353. The van der Waals surface area contributed by atoms with Crippen molar-refractivity contribution < 1.29 is 18.7 Å². The molecule has 2 aromatic rings. The first-order valence-electron chi connectivity index (χ1n) is 12.0. The molecule has 1 unspecified atom stereocenters. The summed E-state index contributed by atoms with van der Waals surface area (Å²) in [5.41, 5.74) is 3.52. The fourth-order valence-electron chi connectivity index (χ4n) is 5.76. The number of hydrogen-bond donors (Lipinski definition) is 1. The first kappa shape index (κ1) is 22.2. The second-order valence-corrected chi connectivity index (χ2v) is 10.4. The number of nitrogens with one attached hydrogen (secondary N) is 1. The Balaban J connectivity index is 1.36. The lowest BCUT2D eigenvalue weighted by Gasteiger charge is -2.44. The van der Waals surface area contributed by atoms with Gasteiger partial charge in [0, 0.05) is 18.2 Å². The van der Waals surface area contributed by atoms with Crippen LogP contribution in [-0.4, -0.2) is 43.8 Å². The highest BCUT2D eigenvalue weighted by Crippen LogP contribution is 2.45. The standard InChI is InChI=1S/C27H33FN2O3/c1-27(2)11-8-19-14-18(21-7-5-20(32-3)15-23(21)28)4-6-22(19)25(27)29-26(31)33-24-16-30-12-9-17(24)10-13-30/h4-7,14-15,17,24-25H,8-13,16H2,1-3H3,(H,29,31)/t24-,25?/m0/s1. The summed E-state index contributed by atoms with van der Waals surface area (Å²) < 4.78 is 25.7. The van der Waals surface area contributed by atoms with E-state index in [0.29, 0.717) is 17.2 Å². The van der Waals surface area contributed by atoms with Crippen LogP contribution in [0.15, 0.2) is 36.4 Å². The van der Waals surface area contributed by atoms with E-state index in [1.165, 1.54) is 13.2 Å². The normalized spacial score (nSPS) is 27.5. The van der Waals surface area contributed by atoms with Crippen LogP contribution >= 0.6 is 0 Å². The van der Waals surface area contributed by atoms with Crippen LogP contribution in [0.2, 0.25) is 0 Å². The van der Waals surface area contributed by atoms with Crippen molar-refractivity contribution in [2.75, 3.05) is 26.7 Å². The molecule has 1 aliphatic carbocycles. The van der Waals surface area contributed by atoms with Crippen molar-refractivity contribution in [1.29, 1.82) is 0 Å². The Kier molecular flexibility index (Phi) is 5.81. The number of carbonyl (C=O) groups excluding carboxylic acids is 1. The Morgan fingerprint density at radius 2 is 1.94 bits per heavy atom. The maximum atomic E-state index is 14.7. The Labute approximate surface area is 195 Å². The van der Waals surface area contributed by atoms with Gasteiger partial charge in [0.25, 0.3) is 0 Å². The first-order valence-corrected chi connectivity index (χ1v) is 12.0. The SMILES string of the molecule is COc1ccc(-c2ccc3c(c2)CCC(C)(C)C3NC(=O)O[C@H]2CN3CCC2CC3)c(F)c1. The number of benzene rings is 2. The zero-order valence-electron chi connectivity index (χ0n) is 19.7. The smallest absolute Gasteiger partial charge is 0.407 e. The van der Waals surface area contributed by atoms with Crippen LogP contribution in [0.4, 0.5) is 9.18 Å². The van der Waals surface area contributed by atoms with Crippen molar-refractivity contribution in [2.45, 2.75) is 51.7 Å². The number of aryl methyl sites for hydroxylation is 1. The number of alkyl carbamates (subject to hydrolysis) is 1. The predicted octanol–water partition coefficient (Wildman–Crippen LogP) is 5.34. The molecule has 1 amide bonds. The van der Waals surface area contributed by atoms with Gasteiger partial charge in [-0.15, -0.1) is 0 Å². The largest absolute Gasteiger partial charge is 0.497 e. The second kappa shape index (κ2) is 8.64. The van der Waals surface area contributed by atoms with Crippen LogP contribution in [0.25, 0.3) is 11.1 Å². The van der Waals surface area contributed by atoms with E-state index in [-0.39, 0.29) is 29.5 Å². The van der Waals surface area contributed by atoms with Crippen LogP contribution < -0.4 is 10.1 Å². The van der Waals surface area contributed by atoms with Crippen LogP contribution in [0.5, 0.6) is 5.75 Å². The zero-order valence-corrected chi connectivity index (χ0v) is 19.7. The van der Waals surface area contributed by atoms with E-state index in [1.54, 1.807) is 12.1 Å². The molecule has 3 fully saturated rings. The maximum absolute atomic E-state index is 14.7. The van der Waals surface area contributed by atoms with Crippen molar-refractivity contribution in [3.8, 4) is 16.9 Å². The first-order chi connectivity index (χ1) is 15.8. The molecule has 176 valence electrons. The van der Waals surface area contributed by atoms with Gasteiger partial charge in [0.05, 0.1) is 13.2 Å². The number of rotatable bonds is 4. The average molecular weight is 453 g/mol. The van der Waals surface area contributed by atoms with Gasteiger partial charge in [-0.3, -0.25) is 4.90 Å². The van der Waals surface area contributed by atoms with Gasteiger partial charge in [0.1, 0.15) is 17.7 Å². The number of ether oxygens (including phenoxy) is 2. The molecule has 2 bridgehead atoms. The third kappa shape index (κ3) is 4.33. The number of halogens is 1. The summed E-state index contributed by atoms with van der Waals surface area (Å²) in [6, 6.07) is 10.8. The zero-order chi connectivity index (χ0) is 23.2. The molecule has 0 aromatic heterocycles. The molecule has 0 radical (unpaired) electrons. The van der Waals surface area contributed by atoms with Crippen molar-refractivity contribution in [1.82, 2.24) is 10.2 Å². The molecule has 5 nitrogen and oxygen atoms in total. The summed E-state index contributed by atoms with van der Waals surface area (Å²) in [5, 5.41) is 3.19. The number of methoxy groups -OCH3 is 1. The molecule has 4 aliphatic rings. The van der Waals surface area contributed by atoms with Crippen LogP contribution in [0, 0.1) is 17.2 Å². The molecule has 0 saturated carbocycles. The molecule has 6 heteroatoms. The third-order valence-electron chi connectivity index (χ3n) is 7.88. The van der Waals surface area contributed by atoms with Gasteiger partial charge in [-0.1, -0.05) is 32.0 Å². The van der Waals surface area contributed by atoms with Gasteiger partial charge in [-0.25, -0.2) is 9.18 Å². The molecule has 3 saturated heterocycles. The van der Waals surface area contributed by atoms with E-state index in [4.69, 9.17) is 9.47 Å². The van der Waals surface area contributed by atoms with E-state index < -0.39 is 0 Å². The second-order valence-electron chi connectivity index (χ2n) is 10.4. The highest BCUT2D eigenvalue weighted by molar-refractivity contribution is 5.70. The predicted molar refractivity (Wildman–Crippen MR) is 126 cm³/mol. The third-order valence-corrected chi connectivity index (χ3v) is 7.88. The molecule has 3 aliphatic heterocycles. The van der Waals surface area contributed by atoms with Crippen LogP contribution in [0.3, 0.4) is 0 Å². The molecule has 6 rings (SSSR count). The van der Waals surface area contributed by atoms with Gasteiger partial charge in [-0.05, 0) is 78.9 Å². The van der Waals surface area contributed by atoms with E-state index in [0.717, 1.165) is 62.0 Å². The molecular formula is C27H33FN2O3. The summed E-state index contributed by atoms with van der Waals surface area (Å²) >= 11 is 0. The summed E-state index contributed by atoms with van der Waals surface area (Å²) in [6.07, 6.45) is 3.70. The molecule has 1 N–H and O–H groups in total. The van der Waals surface area contributed by atoms with Crippen molar-refractivity contribution in [3.63, 3.8) is 0 Å². The van der Waals surface area contributed by atoms with E-state index in [1.807, 2.05) is 12.1 Å². The number of amides is 1. The van der Waals surface area contributed by atoms with Gasteiger partial charge < -0.3 is 14.8 Å². The van der Waals surface area contributed by atoms with Crippen molar-refractivity contribution in [2.24, 2.45) is 11.3 Å². The highest BCUT2D eigenvalue weighted by atomic mass is 19.1. The fraction of sp³-hybridized carbons (Fsp3) is 0.519. The molecule has 3 heterocycles. The average Bonchev–Trinajstić information content (AvgIpc) is 2.81. The van der Waals surface area contributed by atoms with Gasteiger partial charge in [0.15, 0.2) is 0 Å². The van der Waals surface area contributed by atoms with Gasteiger partial charge >= 0.3 is 6.09 Å². The minimum atomic E-state index is -0.329. The molecule has 2 aromatic carbocycles. The van der Waals surface area contributed by atoms with Crippen molar-refractivity contribution >= 4 is 6.09 Å². The molecule has 33 heavy (non-hydrogen) atoms. The number of carbonyl (C=O) groups is 1. The van der Waals surface area contributed by atoms with Crippen LogP contribution in [-0.2, 0) is 11.2 Å². The minimum Gasteiger partial charge on any atom is -0.497 e. The lowest BCUT2D eigenvalue weighted by Crippen LogP contribution is -2.53. The number of piperidine rings is 3. The molecule has 0 spiro atoms. The lowest BCUT2D eigenvalue weighted by atomic mass is 9.70. The monoisotopic (exact) mass is 452 g/mol. The Morgan fingerprint density at radius 3 is 2.61 bits per heavy atom. The van der Waals surface area contributed by atoms with Crippen LogP contribution in [0.1, 0.15) is 50.3 Å². The van der Waals surface area contributed by atoms with Gasteiger partial charge in [-0.2, -0.15) is 0 Å². The quantitative estimate of drug-likeness (QED) is 0.681. The van der Waals surface area contributed by atoms with E-state index in [2.05, 4.69) is 30.1 Å². The Hall–Kier alpha value is -2.60. The topological polar surface area (TPSA) is 50.8 Å². The molecular weight excluding hydrogens is 419 g/mol. The number of hydrogen-bond acceptors (Lipinski definition) is 4. The summed E-state index contributed by atoms with van der Waals surface area (Å²) in [7, 11) is 1.53. The van der Waals surface area contributed by atoms with Gasteiger partial charge in [0.2, 0.25) is 0 Å². The Morgan fingerprint density at radius 1 is 1.15 bits per heavy atom. The summed E-state index contributed by atoms with van der Waals surface area (Å²) in [4.78, 5) is 15.3. The van der Waals surface area contributed by atoms with Crippen molar-refractivity contribution in [3.05, 3.63) is 53.3 Å². The summed E-state index contributed by atoms with van der Waals surface area (Å²) in [6.45, 7) is 7.45. The van der Waals surface area contributed by atoms with E-state index >= 15 is 0 Å². The highest BCUT2D eigenvalue weighted by Gasteiger charge is 2.40. The number of fused-ring (bicyclic) bond motifs is 4. The summed E-state index contributed by atoms with van der Waals surface area (Å²) in [5.74, 6) is 0.678. The molecule has 2 atom stereocenters. The fourth-order valence-corrected chi connectivity index (χ4v) is 5.76. The maximum Gasteiger partial charge on any atom is 0.407 e. The minimum absolute atomic E-state index is 0.0147. The Bertz CT molecular complexity index is 1050. The number of nitrogens with zero attached hydrogens (tertiary/aromatic N) is 1.